The summed E-state index contributed by atoms with van der Waals surface area (Å²) in [4.78, 5) is 39.7. The minimum Gasteiger partial charge on any atom is -0.459 e. The third-order valence-corrected chi connectivity index (χ3v) is 4.65. The van der Waals surface area contributed by atoms with Gasteiger partial charge >= 0.3 is 5.97 Å². The van der Waals surface area contributed by atoms with Crippen LogP contribution < -0.4 is 16.7 Å². The fraction of sp³-hybridized carbons (Fsp3) is 0.385. The number of rotatable bonds is 6. The number of thiazole rings is 1. The van der Waals surface area contributed by atoms with Gasteiger partial charge in [0.2, 0.25) is 11.1 Å². The molecule has 0 atom stereocenters. The van der Waals surface area contributed by atoms with Gasteiger partial charge in [0, 0.05) is 0 Å². The molecule has 3 N–H and O–H groups in total. The van der Waals surface area contributed by atoms with E-state index in [0.717, 1.165) is 34.0 Å². The number of nitrogen functional groups attached to an aromatic ring is 1. The molecule has 2 rings (SSSR count). The van der Waals surface area contributed by atoms with Crippen molar-refractivity contribution in [1.29, 1.82) is 0 Å². The van der Waals surface area contributed by atoms with E-state index in [2.05, 4.69) is 20.5 Å². The highest BCUT2D eigenvalue weighted by Gasteiger charge is 2.19. The molecular weight excluding hydrogens is 368 g/mol. The molecule has 0 saturated heterocycles. The normalized spacial score (nSPS) is 10.7. The minimum absolute atomic E-state index is 0.0558. The maximum absolute atomic E-state index is 12.0. The molecule has 0 aliphatic heterocycles. The van der Waals surface area contributed by atoms with Crippen molar-refractivity contribution in [1.82, 2.24) is 19.9 Å². The summed E-state index contributed by atoms with van der Waals surface area (Å²) in [7, 11) is 0. The Balaban J connectivity index is 1.98. The molecule has 0 bridgehead atoms. The third kappa shape index (κ3) is 5.00. The lowest BCUT2D eigenvalue weighted by Gasteiger charge is -2.05. The van der Waals surface area contributed by atoms with Crippen molar-refractivity contribution in [3.63, 3.8) is 0 Å². The number of amides is 1. The lowest BCUT2D eigenvalue weighted by Crippen LogP contribution is -2.30. The zero-order chi connectivity index (χ0) is 18.6. The van der Waals surface area contributed by atoms with E-state index in [1.165, 1.54) is 0 Å². The van der Waals surface area contributed by atoms with Crippen LogP contribution in [0.25, 0.3) is 0 Å². The van der Waals surface area contributed by atoms with Crippen LogP contribution in [0.5, 0.6) is 0 Å². The molecular formula is C13H16N6O4S2. The Hall–Kier alpha value is -2.47. The quantitative estimate of drug-likeness (QED) is 0.411. The van der Waals surface area contributed by atoms with Crippen molar-refractivity contribution in [3.8, 4) is 0 Å². The number of ether oxygens (including phenoxy) is 1. The van der Waals surface area contributed by atoms with Crippen molar-refractivity contribution in [2.24, 2.45) is 0 Å². The molecule has 0 radical (unpaired) electrons. The Morgan fingerprint density at radius 2 is 2.20 bits per heavy atom. The maximum Gasteiger partial charge on any atom is 0.350 e. The van der Waals surface area contributed by atoms with Crippen LogP contribution in [0.4, 0.5) is 5.13 Å². The molecule has 1 amide bonds. The monoisotopic (exact) mass is 384 g/mol. The van der Waals surface area contributed by atoms with Gasteiger partial charge in [0.1, 0.15) is 11.1 Å². The SMILES string of the molecule is Cc1nc(NC(=O)CSc2nncc(=O)n2N)sc1C(=O)OC(C)C. The molecule has 12 heteroatoms. The lowest BCUT2D eigenvalue weighted by atomic mass is 10.4. The first-order valence-electron chi connectivity index (χ1n) is 7.08. The van der Waals surface area contributed by atoms with Crippen LogP contribution >= 0.6 is 23.1 Å². The van der Waals surface area contributed by atoms with Crippen LogP contribution in [0, 0.1) is 6.92 Å². The van der Waals surface area contributed by atoms with E-state index < -0.39 is 11.5 Å². The van der Waals surface area contributed by atoms with Crippen LogP contribution in [-0.2, 0) is 9.53 Å². The van der Waals surface area contributed by atoms with E-state index in [9.17, 15) is 14.4 Å². The molecule has 0 saturated carbocycles. The molecule has 0 aromatic carbocycles. The second kappa shape index (κ2) is 8.07. The maximum atomic E-state index is 12.0. The summed E-state index contributed by atoms with van der Waals surface area (Å²) in [6, 6.07) is 0. The van der Waals surface area contributed by atoms with Crippen LogP contribution in [0.1, 0.15) is 29.2 Å². The highest BCUT2D eigenvalue weighted by Crippen LogP contribution is 2.24. The van der Waals surface area contributed by atoms with E-state index in [1.807, 2.05) is 0 Å². The molecule has 2 aromatic rings. The van der Waals surface area contributed by atoms with Crippen molar-refractivity contribution < 1.29 is 14.3 Å². The third-order valence-electron chi connectivity index (χ3n) is 2.66. The summed E-state index contributed by atoms with van der Waals surface area (Å²) >= 11 is 1.98. The number of hydrogen-bond acceptors (Lipinski definition) is 10. The molecule has 25 heavy (non-hydrogen) atoms. The Kier molecular flexibility index (Phi) is 6.09. The van der Waals surface area contributed by atoms with Gasteiger partial charge in [-0.3, -0.25) is 9.59 Å². The van der Waals surface area contributed by atoms with Gasteiger partial charge in [-0.1, -0.05) is 23.1 Å². The highest BCUT2D eigenvalue weighted by molar-refractivity contribution is 7.99. The summed E-state index contributed by atoms with van der Waals surface area (Å²) in [5.41, 5.74) is -0.0508. The van der Waals surface area contributed by atoms with Crippen LogP contribution in [0.3, 0.4) is 0 Å². The summed E-state index contributed by atoms with van der Waals surface area (Å²) in [6.45, 7) is 5.15. The van der Waals surface area contributed by atoms with Gasteiger partial charge in [-0.2, -0.15) is 9.77 Å². The fourth-order valence-electron chi connectivity index (χ4n) is 1.62. The number of carbonyl (C=O) groups is 2. The van der Waals surface area contributed by atoms with Gasteiger partial charge in [0.25, 0.3) is 5.56 Å². The van der Waals surface area contributed by atoms with Crippen LogP contribution in [0.15, 0.2) is 16.1 Å². The van der Waals surface area contributed by atoms with Crippen molar-refractivity contribution in [2.45, 2.75) is 32.0 Å². The minimum atomic E-state index is -0.526. The van der Waals surface area contributed by atoms with Gasteiger partial charge in [-0.25, -0.2) is 9.78 Å². The molecule has 2 heterocycles. The van der Waals surface area contributed by atoms with Crippen LogP contribution in [0.2, 0.25) is 0 Å². The zero-order valence-electron chi connectivity index (χ0n) is 13.7. The Morgan fingerprint density at radius 1 is 1.48 bits per heavy atom. The number of nitrogens with one attached hydrogen (secondary N) is 1. The standard InChI is InChI=1S/C13H16N6O4S2/c1-6(2)23-11(22)10-7(3)16-12(25-10)17-8(20)5-24-13-18-15-4-9(21)19(13)14/h4,6H,5,14H2,1-3H3,(H,16,17,20). The van der Waals surface area contributed by atoms with Gasteiger partial charge < -0.3 is 15.9 Å². The van der Waals surface area contributed by atoms with Gasteiger partial charge in [-0.05, 0) is 20.8 Å². The average molecular weight is 384 g/mol. The van der Waals surface area contributed by atoms with Gasteiger partial charge in [-0.15, -0.1) is 5.10 Å². The van der Waals surface area contributed by atoms with Gasteiger partial charge in [0.05, 0.1) is 17.6 Å². The number of anilines is 1. The first kappa shape index (κ1) is 18.9. The first-order chi connectivity index (χ1) is 11.8. The topological polar surface area (TPSA) is 142 Å². The van der Waals surface area contributed by atoms with E-state index in [-0.39, 0.29) is 28.1 Å². The fourth-order valence-corrected chi connectivity index (χ4v) is 3.15. The number of carbonyl (C=O) groups excluding carboxylic acids is 2. The average Bonchev–Trinajstić information content (AvgIpc) is 2.88. The number of thioether (sulfide) groups is 1. The number of esters is 1. The van der Waals surface area contributed by atoms with Crippen LogP contribution in [-0.4, -0.2) is 43.6 Å². The molecule has 0 unspecified atom stereocenters. The van der Waals surface area contributed by atoms with Crippen molar-refractivity contribution in [2.75, 3.05) is 16.9 Å². The van der Waals surface area contributed by atoms with E-state index in [4.69, 9.17) is 10.6 Å². The Morgan fingerprint density at radius 3 is 2.88 bits per heavy atom. The number of aromatic nitrogens is 4. The predicted octanol–water partition coefficient (Wildman–Crippen LogP) is 0.413. The van der Waals surface area contributed by atoms with Crippen molar-refractivity contribution >= 4 is 40.1 Å². The molecule has 134 valence electrons. The zero-order valence-corrected chi connectivity index (χ0v) is 15.3. The summed E-state index contributed by atoms with van der Waals surface area (Å²) < 4.78 is 5.92. The van der Waals surface area contributed by atoms with E-state index in [0.29, 0.717) is 10.6 Å². The number of nitrogens with zero attached hydrogens (tertiary/aromatic N) is 4. The Bertz CT molecular complexity index is 847. The number of nitrogens with two attached hydrogens (primary N) is 1. The molecule has 0 fully saturated rings. The number of aryl methyl sites for hydroxylation is 1. The highest BCUT2D eigenvalue weighted by atomic mass is 32.2. The van der Waals surface area contributed by atoms with E-state index >= 15 is 0 Å². The lowest BCUT2D eigenvalue weighted by molar-refractivity contribution is -0.113. The molecule has 0 spiro atoms. The van der Waals surface area contributed by atoms with E-state index in [1.54, 1.807) is 20.8 Å². The molecule has 0 aliphatic carbocycles. The largest absolute Gasteiger partial charge is 0.459 e. The van der Waals surface area contributed by atoms with Gasteiger partial charge in [0.15, 0.2) is 5.13 Å². The second-order valence-electron chi connectivity index (χ2n) is 5.06. The Labute approximate surface area is 150 Å². The molecule has 0 aliphatic rings. The smallest absolute Gasteiger partial charge is 0.350 e. The number of hydrogen-bond donors (Lipinski definition) is 2. The summed E-state index contributed by atoms with van der Waals surface area (Å²) in [5, 5.41) is 10.1. The molecule has 10 nitrogen and oxygen atoms in total. The second-order valence-corrected chi connectivity index (χ2v) is 7.00. The van der Waals surface area contributed by atoms with Crippen molar-refractivity contribution in [3.05, 3.63) is 27.1 Å². The summed E-state index contributed by atoms with van der Waals surface area (Å²) in [6.07, 6.45) is 0.726. The first-order valence-corrected chi connectivity index (χ1v) is 8.89. The predicted molar refractivity (Wildman–Crippen MR) is 93.2 cm³/mol. The summed E-state index contributed by atoms with van der Waals surface area (Å²) in [5.74, 6) is 4.58. The molecule has 2 aromatic heterocycles.